The van der Waals surface area contributed by atoms with Gasteiger partial charge in [0.15, 0.2) is 5.96 Å². The first-order valence-electron chi connectivity index (χ1n) is 11.3. The summed E-state index contributed by atoms with van der Waals surface area (Å²) in [6.45, 7) is 14.9. The second-order valence-electron chi connectivity index (χ2n) is 8.30. The molecular formula is C23H39IN4O3. The predicted octanol–water partition coefficient (Wildman–Crippen LogP) is 2.95. The molecule has 2 saturated heterocycles. The van der Waals surface area contributed by atoms with E-state index in [9.17, 15) is 0 Å². The Morgan fingerprint density at radius 3 is 2.77 bits per heavy atom. The van der Waals surface area contributed by atoms with Crippen LogP contribution in [0.25, 0.3) is 0 Å². The van der Waals surface area contributed by atoms with Gasteiger partial charge in [0.25, 0.3) is 0 Å². The van der Waals surface area contributed by atoms with Crippen LogP contribution in [0.5, 0.6) is 5.75 Å². The minimum absolute atomic E-state index is 0. The second-order valence-corrected chi connectivity index (χ2v) is 8.30. The van der Waals surface area contributed by atoms with E-state index in [2.05, 4.69) is 61.4 Å². The highest BCUT2D eigenvalue weighted by molar-refractivity contribution is 14.0. The van der Waals surface area contributed by atoms with E-state index in [4.69, 9.17) is 19.2 Å². The highest BCUT2D eigenvalue weighted by atomic mass is 127. The first kappa shape index (κ1) is 26.2. The van der Waals surface area contributed by atoms with Gasteiger partial charge in [-0.15, -0.1) is 24.0 Å². The average molecular weight is 546 g/mol. The number of guanidine groups is 1. The minimum atomic E-state index is 0. The highest BCUT2D eigenvalue weighted by Crippen LogP contribution is 2.24. The zero-order valence-corrected chi connectivity index (χ0v) is 21.7. The molecule has 0 saturated carbocycles. The topological polar surface area (TPSA) is 67.4 Å². The normalized spacial score (nSPS) is 23.2. The molecule has 3 atom stereocenters. The number of rotatable bonds is 8. The van der Waals surface area contributed by atoms with Crippen LogP contribution in [0, 0.1) is 6.92 Å². The van der Waals surface area contributed by atoms with Gasteiger partial charge in [0, 0.05) is 43.7 Å². The van der Waals surface area contributed by atoms with Crippen LogP contribution in [0.3, 0.4) is 0 Å². The first-order chi connectivity index (χ1) is 14.6. The average Bonchev–Trinajstić information content (AvgIpc) is 3.24. The number of aryl methyl sites for hydroxylation is 1. The van der Waals surface area contributed by atoms with E-state index in [0.717, 1.165) is 63.1 Å². The van der Waals surface area contributed by atoms with Crippen LogP contribution in [0.4, 0.5) is 0 Å². The van der Waals surface area contributed by atoms with Crippen LogP contribution in [0.1, 0.15) is 38.3 Å². The molecule has 31 heavy (non-hydrogen) atoms. The maximum atomic E-state index is 6.22. The van der Waals surface area contributed by atoms with Crippen molar-refractivity contribution in [2.75, 3.05) is 46.1 Å². The van der Waals surface area contributed by atoms with E-state index in [1.165, 1.54) is 5.56 Å². The van der Waals surface area contributed by atoms with Crippen molar-refractivity contribution in [2.24, 2.45) is 4.99 Å². The van der Waals surface area contributed by atoms with Crippen LogP contribution in [-0.2, 0) is 16.0 Å². The molecule has 0 aromatic heterocycles. The maximum Gasteiger partial charge on any atom is 0.191 e. The van der Waals surface area contributed by atoms with Crippen molar-refractivity contribution in [3.63, 3.8) is 0 Å². The van der Waals surface area contributed by atoms with E-state index in [0.29, 0.717) is 25.2 Å². The zero-order chi connectivity index (χ0) is 21.3. The van der Waals surface area contributed by atoms with Crippen molar-refractivity contribution >= 4 is 29.9 Å². The molecule has 2 aliphatic rings. The Bertz CT molecular complexity index is 697. The lowest BCUT2D eigenvalue weighted by atomic mass is 10.1. The molecule has 2 heterocycles. The Morgan fingerprint density at radius 1 is 1.26 bits per heavy atom. The third-order valence-electron chi connectivity index (χ3n) is 5.71. The Hall–Kier alpha value is -1.10. The Labute approximate surface area is 204 Å². The summed E-state index contributed by atoms with van der Waals surface area (Å²) in [6.07, 6.45) is 1.08. The van der Waals surface area contributed by atoms with Crippen molar-refractivity contribution in [2.45, 2.75) is 58.8 Å². The maximum absolute atomic E-state index is 6.22. The zero-order valence-electron chi connectivity index (χ0n) is 19.4. The Balaban J connectivity index is 0.00000341. The molecule has 2 aliphatic heterocycles. The summed E-state index contributed by atoms with van der Waals surface area (Å²) in [7, 11) is 0. The van der Waals surface area contributed by atoms with Crippen LogP contribution < -0.4 is 15.4 Å². The summed E-state index contributed by atoms with van der Waals surface area (Å²) in [4.78, 5) is 7.32. The van der Waals surface area contributed by atoms with Gasteiger partial charge in [-0.1, -0.05) is 12.1 Å². The molecular weight excluding hydrogens is 507 g/mol. The predicted molar refractivity (Wildman–Crippen MR) is 136 cm³/mol. The number of hydrogen-bond acceptors (Lipinski definition) is 5. The lowest BCUT2D eigenvalue weighted by Crippen LogP contribution is -2.53. The Kier molecular flexibility index (Phi) is 11.3. The van der Waals surface area contributed by atoms with Crippen molar-refractivity contribution in [3.05, 3.63) is 29.3 Å². The fraction of sp³-hybridized carbons (Fsp3) is 0.696. The number of halogens is 1. The molecule has 176 valence electrons. The number of nitrogens with zero attached hydrogens (tertiary/aromatic N) is 2. The first-order valence-corrected chi connectivity index (χ1v) is 11.3. The fourth-order valence-corrected chi connectivity index (χ4v) is 3.95. The largest absolute Gasteiger partial charge is 0.488 e. The molecule has 3 unspecified atom stereocenters. The molecule has 0 spiro atoms. The van der Waals surface area contributed by atoms with E-state index < -0.39 is 0 Å². The van der Waals surface area contributed by atoms with E-state index in [-0.39, 0.29) is 30.1 Å². The molecule has 2 fully saturated rings. The number of aliphatic imine (C=N–C) groups is 1. The molecule has 0 aliphatic carbocycles. The molecule has 8 heteroatoms. The van der Waals surface area contributed by atoms with E-state index in [1.54, 1.807) is 0 Å². The molecule has 1 aromatic rings. The number of morpholine rings is 1. The van der Waals surface area contributed by atoms with Gasteiger partial charge in [-0.2, -0.15) is 0 Å². The molecule has 0 radical (unpaired) electrons. The van der Waals surface area contributed by atoms with Gasteiger partial charge < -0.3 is 24.8 Å². The third kappa shape index (κ3) is 8.07. The number of benzene rings is 1. The highest BCUT2D eigenvalue weighted by Gasteiger charge is 2.23. The van der Waals surface area contributed by atoms with Gasteiger partial charge in [0.1, 0.15) is 11.9 Å². The number of hydrogen-bond donors (Lipinski definition) is 2. The van der Waals surface area contributed by atoms with Gasteiger partial charge in [-0.3, -0.25) is 4.90 Å². The minimum Gasteiger partial charge on any atom is -0.488 e. The molecule has 2 N–H and O–H groups in total. The number of nitrogens with one attached hydrogen (secondary N) is 2. The van der Waals surface area contributed by atoms with Crippen LogP contribution in [0.15, 0.2) is 23.2 Å². The van der Waals surface area contributed by atoms with Gasteiger partial charge in [0.2, 0.25) is 0 Å². The summed E-state index contributed by atoms with van der Waals surface area (Å²) in [5.41, 5.74) is 2.29. The lowest BCUT2D eigenvalue weighted by molar-refractivity contribution is -0.0174. The van der Waals surface area contributed by atoms with Crippen molar-refractivity contribution < 1.29 is 14.2 Å². The fourth-order valence-electron chi connectivity index (χ4n) is 3.95. The van der Waals surface area contributed by atoms with E-state index in [1.807, 2.05) is 0 Å². The van der Waals surface area contributed by atoms with Crippen LogP contribution in [0.2, 0.25) is 0 Å². The standard InChI is InChI=1S/C23H38N4O3.HI/c1-5-24-23(25-13-18(3)27-9-11-29-15-19(27)4)26-14-20-7-6-17(2)12-22(20)30-21-8-10-28-16-21;/h6-7,12,18-19,21H,5,8-11,13-16H2,1-4H3,(H2,24,25,26);1H. The van der Waals surface area contributed by atoms with Crippen molar-refractivity contribution in [3.8, 4) is 5.75 Å². The molecule has 0 bridgehead atoms. The van der Waals surface area contributed by atoms with Crippen molar-refractivity contribution in [1.29, 1.82) is 0 Å². The number of ether oxygens (including phenoxy) is 3. The lowest BCUT2D eigenvalue weighted by Gasteiger charge is -2.38. The summed E-state index contributed by atoms with van der Waals surface area (Å²) in [6, 6.07) is 7.19. The summed E-state index contributed by atoms with van der Waals surface area (Å²) >= 11 is 0. The molecule has 1 aromatic carbocycles. The summed E-state index contributed by atoms with van der Waals surface area (Å²) in [5, 5.41) is 6.87. The van der Waals surface area contributed by atoms with Gasteiger partial charge in [-0.25, -0.2) is 4.99 Å². The molecule has 0 amide bonds. The summed E-state index contributed by atoms with van der Waals surface area (Å²) in [5.74, 6) is 1.75. The molecule has 7 nitrogen and oxygen atoms in total. The Morgan fingerprint density at radius 2 is 2.06 bits per heavy atom. The van der Waals surface area contributed by atoms with Gasteiger partial charge in [-0.05, 0) is 39.3 Å². The third-order valence-corrected chi connectivity index (χ3v) is 5.71. The van der Waals surface area contributed by atoms with Gasteiger partial charge in [0.05, 0.1) is 33.0 Å². The van der Waals surface area contributed by atoms with Gasteiger partial charge >= 0.3 is 0 Å². The van der Waals surface area contributed by atoms with E-state index >= 15 is 0 Å². The molecule has 3 rings (SSSR count). The van der Waals surface area contributed by atoms with Crippen LogP contribution in [-0.4, -0.2) is 75.1 Å². The quantitative estimate of drug-likeness (QED) is 0.297. The smallest absolute Gasteiger partial charge is 0.191 e. The SMILES string of the molecule is CCNC(=NCc1ccc(C)cc1OC1CCOC1)NCC(C)N1CCOCC1C.I. The second kappa shape index (κ2) is 13.4. The monoisotopic (exact) mass is 546 g/mol. The van der Waals surface area contributed by atoms with Crippen LogP contribution >= 0.6 is 24.0 Å². The summed E-state index contributed by atoms with van der Waals surface area (Å²) < 4.78 is 17.2. The van der Waals surface area contributed by atoms with Crippen molar-refractivity contribution in [1.82, 2.24) is 15.5 Å².